The van der Waals surface area contributed by atoms with E-state index in [1.54, 1.807) is 25.2 Å². The normalized spacial score (nSPS) is 14.1. The van der Waals surface area contributed by atoms with Gasteiger partial charge in [0.1, 0.15) is 5.82 Å². The van der Waals surface area contributed by atoms with Gasteiger partial charge in [-0.15, -0.1) is 0 Å². The molecule has 0 aliphatic carbocycles. The highest BCUT2D eigenvalue weighted by Gasteiger charge is 2.27. The number of ether oxygens (including phenoxy) is 1. The SMILES string of the molecule is Cc1cc(F)ccc1S(=O)(=O)Nc1cccc2c1OCC(=O)N2C. The number of para-hydroxylation sites is 1. The first-order valence-corrected chi connectivity index (χ1v) is 8.59. The summed E-state index contributed by atoms with van der Waals surface area (Å²) in [6.45, 7) is 1.35. The summed E-state index contributed by atoms with van der Waals surface area (Å²) < 4.78 is 46.2. The molecular formula is C16H15FN2O4S. The van der Waals surface area contributed by atoms with Crippen LogP contribution in [0.2, 0.25) is 0 Å². The number of fused-ring (bicyclic) bond motifs is 1. The van der Waals surface area contributed by atoms with E-state index in [4.69, 9.17) is 4.74 Å². The van der Waals surface area contributed by atoms with Crippen molar-refractivity contribution >= 4 is 27.3 Å². The fraction of sp³-hybridized carbons (Fsp3) is 0.188. The number of likely N-dealkylation sites (N-methyl/N-ethyl adjacent to an activating group) is 1. The number of hydrogen-bond acceptors (Lipinski definition) is 4. The molecule has 0 aromatic heterocycles. The van der Waals surface area contributed by atoms with Gasteiger partial charge in [-0.1, -0.05) is 6.07 Å². The summed E-state index contributed by atoms with van der Waals surface area (Å²) in [5.74, 6) is -0.452. The lowest BCUT2D eigenvalue weighted by atomic mass is 10.2. The lowest BCUT2D eigenvalue weighted by molar-refractivity contribution is -0.120. The fourth-order valence-electron chi connectivity index (χ4n) is 2.50. The van der Waals surface area contributed by atoms with Crippen molar-refractivity contribution in [3.05, 3.63) is 47.8 Å². The number of carbonyl (C=O) groups is 1. The number of sulfonamides is 1. The zero-order valence-electron chi connectivity index (χ0n) is 13.0. The van der Waals surface area contributed by atoms with Crippen molar-refractivity contribution in [2.75, 3.05) is 23.3 Å². The van der Waals surface area contributed by atoms with Crippen LogP contribution in [0.25, 0.3) is 0 Å². The van der Waals surface area contributed by atoms with E-state index in [9.17, 15) is 17.6 Å². The number of carbonyl (C=O) groups excluding carboxylic acids is 1. The van der Waals surface area contributed by atoms with E-state index in [0.29, 0.717) is 11.3 Å². The molecule has 8 heteroatoms. The Morgan fingerprint density at radius 1 is 1.25 bits per heavy atom. The van der Waals surface area contributed by atoms with Crippen LogP contribution < -0.4 is 14.4 Å². The Hall–Kier alpha value is -2.61. The van der Waals surface area contributed by atoms with Crippen molar-refractivity contribution in [3.63, 3.8) is 0 Å². The van der Waals surface area contributed by atoms with Gasteiger partial charge >= 0.3 is 0 Å². The van der Waals surface area contributed by atoms with Crippen molar-refractivity contribution in [1.29, 1.82) is 0 Å². The summed E-state index contributed by atoms with van der Waals surface area (Å²) in [5.41, 5.74) is 0.985. The molecule has 1 heterocycles. The highest BCUT2D eigenvalue weighted by molar-refractivity contribution is 7.92. The molecule has 3 rings (SSSR count). The number of rotatable bonds is 3. The molecule has 1 aliphatic heterocycles. The standard InChI is InChI=1S/C16H15FN2O4S/c1-10-8-11(17)6-7-14(10)24(21,22)18-12-4-3-5-13-16(12)23-9-15(20)19(13)2/h3-8,18H,9H2,1-2H3. The molecule has 0 atom stereocenters. The molecular weight excluding hydrogens is 335 g/mol. The number of nitrogens with one attached hydrogen (secondary N) is 1. The Labute approximate surface area is 138 Å². The molecule has 0 saturated heterocycles. The average molecular weight is 350 g/mol. The maximum Gasteiger partial charge on any atom is 0.264 e. The molecule has 24 heavy (non-hydrogen) atoms. The molecule has 1 N–H and O–H groups in total. The lowest BCUT2D eigenvalue weighted by Gasteiger charge is -2.27. The molecule has 126 valence electrons. The Bertz CT molecular complexity index is 928. The van der Waals surface area contributed by atoms with Crippen molar-refractivity contribution in [1.82, 2.24) is 0 Å². The maximum absolute atomic E-state index is 13.2. The third kappa shape index (κ3) is 2.80. The third-order valence-electron chi connectivity index (χ3n) is 3.74. The minimum absolute atomic E-state index is 0.0262. The number of benzene rings is 2. The van der Waals surface area contributed by atoms with Gasteiger partial charge in [-0.2, -0.15) is 0 Å². The van der Waals surface area contributed by atoms with E-state index in [1.807, 2.05) is 0 Å². The van der Waals surface area contributed by atoms with Crippen LogP contribution in [0.15, 0.2) is 41.3 Å². The smallest absolute Gasteiger partial charge is 0.264 e. The largest absolute Gasteiger partial charge is 0.479 e. The van der Waals surface area contributed by atoms with Crippen LogP contribution in [0.5, 0.6) is 5.75 Å². The molecule has 0 radical (unpaired) electrons. The molecule has 0 bridgehead atoms. The molecule has 0 saturated carbocycles. The van der Waals surface area contributed by atoms with Crippen molar-refractivity contribution in [3.8, 4) is 5.75 Å². The third-order valence-corrected chi connectivity index (χ3v) is 5.27. The Morgan fingerprint density at radius 3 is 2.71 bits per heavy atom. The molecule has 2 aromatic carbocycles. The van der Waals surface area contributed by atoms with Crippen LogP contribution in [0.4, 0.5) is 15.8 Å². The van der Waals surface area contributed by atoms with E-state index < -0.39 is 15.8 Å². The van der Waals surface area contributed by atoms with Crippen LogP contribution in [0, 0.1) is 12.7 Å². The van der Waals surface area contributed by atoms with Gasteiger partial charge in [-0.3, -0.25) is 9.52 Å². The number of halogens is 1. The number of anilines is 2. The molecule has 2 aromatic rings. The average Bonchev–Trinajstić information content (AvgIpc) is 2.50. The van der Waals surface area contributed by atoms with Gasteiger partial charge in [0.2, 0.25) is 0 Å². The van der Waals surface area contributed by atoms with Crippen LogP contribution >= 0.6 is 0 Å². The fourth-order valence-corrected chi connectivity index (χ4v) is 3.79. The summed E-state index contributed by atoms with van der Waals surface area (Å²) >= 11 is 0. The predicted octanol–water partition coefficient (Wildman–Crippen LogP) is 2.29. The van der Waals surface area contributed by atoms with E-state index >= 15 is 0 Å². The second-order valence-corrected chi connectivity index (χ2v) is 7.06. The highest BCUT2D eigenvalue weighted by atomic mass is 32.2. The number of amides is 1. The highest BCUT2D eigenvalue weighted by Crippen LogP contribution is 2.39. The first kappa shape index (κ1) is 16.3. The van der Waals surface area contributed by atoms with Gasteiger partial charge in [-0.05, 0) is 42.8 Å². The predicted molar refractivity (Wildman–Crippen MR) is 87.3 cm³/mol. The summed E-state index contributed by atoms with van der Waals surface area (Å²) in [6.07, 6.45) is 0. The molecule has 0 spiro atoms. The van der Waals surface area contributed by atoms with E-state index in [0.717, 1.165) is 12.1 Å². The minimum Gasteiger partial charge on any atom is -0.479 e. The van der Waals surface area contributed by atoms with Gasteiger partial charge in [0, 0.05) is 7.05 Å². The molecule has 0 fully saturated rings. The molecule has 1 amide bonds. The van der Waals surface area contributed by atoms with Crippen LogP contribution in [-0.4, -0.2) is 28.0 Å². The summed E-state index contributed by atoms with van der Waals surface area (Å²) in [7, 11) is -2.34. The quantitative estimate of drug-likeness (QED) is 0.922. The Kier molecular flexibility index (Phi) is 3.92. The number of hydrogen-bond donors (Lipinski definition) is 1. The first-order valence-electron chi connectivity index (χ1n) is 7.11. The number of nitrogens with zero attached hydrogens (tertiary/aromatic N) is 1. The summed E-state index contributed by atoms with van der Waals surface area (Å²) in [4.78, 5) is 13.1. The van der Waals surface area contributed by atoms with Gasteiger partial charge in [0.15, 0.2) is 12.4 Å². The van der Waals surface area contributed by atoms with E-state index in [-0.39, 0.29) is 28.8 Å². The minimum atomic E-state index is -3.93. The molecule has 0 unspecified atom stereocenters. The second-order valence-electron chi connectivity index (χ2n) is 5.41. The summed E-state index contributed by atoms with van der Waals surface area (Å²) in [5, 5.41) is 0. The zero-order valence-corrected chi connectivity index (χ0v) is 13.9. The van der Waals surface area contributed by atoms with Gasteiger partial charge in [0.05, 0.1) is 16.3 Å². The number of aryl methyl sites for hydroxylation is 1. The molecule has 1 aliphatic rings. The van der Waals surface area contributed by atoms with Crippen molar-refractivity contribution in [2.45, 2.75) is 11.8 Å². The Balaban J connectivity index is 2.01. The molecule has 6 nitrogen and oxygen atoms in total. The van der Waals surface area contributed by atoms with Gasteiger partial charge < -0.3 is 9.64 Å². The van der Waals surface area contributed by atoms with E-state index in [1.165, 1.54) is 17.9 Å². The van der Waals surface area contributed by atoms with Gasteiger partial charge in [-0.25, -0.2) is 12.8 Å². The monoisotopic (exact) mass is 350 g/mol. The van der Waals surface area contributed by atoms with Crippen LogP contribution in [0.1, 0.15) is 5.56 Å². The Morgan fingerprint density at radius 2 is 2.00 bits per heavy atom. The van der Waals surface area contributed by atoms with E-state index in [2.05, 4.69) is 4.72 Å². The first-order chi connectivity index (χ1) is 11.3. The van der Waals surface area contributed by atoms with Crippen molar-refractivity contribution in [2.24, 2.45) is 0 Å². The lowest BCUT2D eigenvalue weighted by Crippen LogP contribution is -2.35. The van der Waals surface area contributed by atoms with Crippen LogP contribution in [-0.2, 0) is 14.8 Å². The maximum atomic E-state index is 13.2. The van der Waals surface area contributed by atoms with Crippen LogP contribution in [0.3, 0.4) is 0 Å². The summed E-state index contributed by atoms with van der Waals surface area (Å²) in [6, 6.07) is 8.26. The van der Waals surface area contributed by atoms with Crippen molar-refractivity contribution < 1.29 is 22.3 Å². The van der Waals surface area contributed by atoms with Gasteiger partial charge in [0.25, 0.3) is 15.9 Å². The zero-order chi connectivity index (χ0) is 17.5. The topological polar surface area (TPSA) is 75.7 Å². The second kappa shape index (κ2) is 5.79.